The van der Waals surface area contributed by atoms with Gasteiger partial charge in [0.15, 0.2) is 0 Å². The normalized spacial score (nSPS) is 10.0. The molecule has 0 atom stereocenters. The van der Waals surface area contributed by atoms with Gasteiger partial charge in [0.2, 0.25) is 0 Å². The van der Waals surface area contributed by atoms with Crippen molar-refractivity contribution >= 4 is 17.9 Å². The molecule has 0 amide bonds. The van der Waals surface area contributed by atoms with E-state index >= 15 is 0 Å². The van der Waals surface area contributed by atoms with Crippen LogP contribution in [0.1, 0.15) is 16.7 Å². The Labute approximate surface area is 139 Å². The van der Waals surface area contributed by atoms with Gasteiger partial charge in [-0.15, -0.1) is 0 Å². The molecule has 1 aromatic carbocycles. The second-order valence-corrected chi connectivity index (χ2v) is 5.36. The summed E-state index contributed by atoms with van der Waals surface area (Å²) in [4.78, 5) is 32.8. The zero-order chi connectivity index (χ0) is 18.4. The first-order valence-electron chi connectivity index (χ1n) is 6.95. The van der Waals surface area contributed by atoms with Gasteiger partial charge in [-0.25, -0.2) is 14.4 Å². The molecule has 0 aliphatic rings. The van der Waals surface area contributed by atoms with Crippen LogP contribution in [0.5, 0.6) is 0 Å². The lowest BCUT2D eigenvalue weighted by Crippen LogP contribution is -2.09. The van der Waals surface area contributed by atoms with Crippen LogP contribution in [0.2, 0.25) is 0 Å². The molecule has 6 nitrogen and oxygen atoms in total. The van der Waals surface area contributed by atoms with Gasteiger partial charge in [0.25, 0.3) is 0 Å². The molecule has 0 bridgehead atoms. The van der Waals surface area contributed by atoms with Crippen LogP contribution in [-0.2, 0) is 33.6 Å². The maximum absolute atomic E-state index is 11.0. The quantitative estimate of drug-likeness (QED) is 0.599. The molecule has 1 aromatic rings. The van der Waals surface area contributed by atoms with E-state index in [1.165, 1.54) is 0 Å². The van der Waals surface area contributed by atoms with Crippen molar-refractivity contribution in [2.45, 2.75) is 19.3 Å². The minimum atomic E-state index is -1.15. The standard InChI is InChI=1S/C18H18O6/c1-10(16(19)20)6-13-4-5-14(7-11(2)17(21)22)15(9-13)8-12(3)18(23)24/h4-5,9H,1-3,6-8H2,(H,19,20)(H,21,22)(H,23,24). The van der Waals surface area contributed by atoms with Crippen molar-refractivity contribution < 1.29 is 29.7 Å². The van der Waals surface area contributed by atoms with Gasteiger partial charge in [0.05, 0.1) is 0 Å². The predicted molar refractivity (Wildman–Crippen MR) is 87.9 cm³/mol. The maximum atomic E-state index is 11.0. The fourth-order valence-corrected chi connectivity index (χ4v) is 2.06. The van der Waals surface area contributed by atoms with Gasteiger partial charge in [-0.05, 0) is 16.7 Å². The Kier molecular flexibility index (Phi) is 6.23. The summed E-state index contributed by atoms with van der Waals surface area (Å²) >= 11 is 0. The average molecular weight is 330 g/mol. The number of carbonyl (C=O) groups is 3. The van der Waals surface area contributed by atoms with E-state index in [4.69, 9.17) is 15.3 Å². The third-order valence-electron chi connectivity index (χ3n) is 3.40. The largest absolute Gasteiger partial charge is 0.478 e. The fraction of sp³-hybridized carbons (Fsp3) is 0.167. The Morgan fingerprint density at radius 2 is 1.12 bits per heavy atom. The van der Waals surface area contributed by atoms with E-state index in [0.717, 1.165) is 0 Å². The number of hydrogen-bond acceptors (Lipinski definition) is 3. The van der Waals surface area contributed by atoms with Crippen LogP contribution in [0, 0.1) is 0 Å². The summed E-state index contributed by atoms with van der Waals surface area (Å²) in [5, 5.41) is 26.8. The topological polar surface area (TPSA) is 112 Å². The lowest BCUT2D eigenvalue weighted by molar-refractivity contribution is -0.133. The molecule has 0 fully saturated rings. The second-order valence-electron chi connectivity index (χ2n) is 5.36. The van der Waals surface area contributed by atoms with Gasteiger partial charge in [-0.3, -0.25) is 0 Å². The van der Waals surface area contributed by atoms with Gasteiger partial charge in [-0.1, -0.05) is 37.9 Å². The summed E-state index contributed by atoms with van der Waals surface area (Å²) in [5.74, 6) is -3.41. The SMILES string of the molecule is C=C(Cc1ccc(CC(=C)C(=O)O)c(CC(=C)C(=O)O)c1)C(=O)O. The molecule has 0 heterocycles. The van der Waals surface area contributed by atoms with Gasteiger partial charge in [0, 0.05) is 36.0 Å². The van der Waals surface area contributed by atoms with Gasteiger partial charge in [-0.2, -0.15) is 0 Å². The molecular formula is C18H18O6. The van der Waals surface area contributed by atoms with Crippen molar-refractivity contribution in [3.8, 4) is 0 Å². The highest BCUT2D eigenvalue weighted by molar-refractivity contribution is 5.88. The smallest absolute Gasteiger partial charge is 0.331 e. The highest BCUT2D eigenvalue weighted by atomic mass is 16.4. The van der Waals surface area contributed by atoms with Gasteiger partial charge >= 0.3 is 17.9 Å². The summed E-state index contributed by atoms with van der Waals surface area (Å²) in [6, 6.07) is 4.95. The highest BCUT2D eigenvalue weighted by Crippen LogP contribution is 2.20. The number of rotatable bonds is 9. The summed E-state index contributed by atoms with van der Waals surface area (Å²) in [6.07, 6.45) is 0.171. The molecule has 0 aliphatic heterocycles. The van der Waals surface area contributed by atoms with Crippen LogP contribution < -0.4 is 0 Å². The zero-order valence-electron chi connectivity index (χ0n) is 13.0. The van der Waals surface area contributed by atoms with Gasteiger partial charge < -0.3 is 15.3 Å². The summed E-state index contributed by atoms with van der Waals surface area (Å²) < 4.78 is 0. The fourth-order valence-electron chi connectivity index (χ4n) is 2.06. The van der Waals surface area contributed by atoms with Crippen LogP contribution in [-0.4, -0.2) is 33.2 Å². The van der Waals surface area contributed by atoms with E-state index in [0.29, 0.717) is 16.7 Å². The Morgan fingerprint density at radius 1 is 0.708 bits per heavy atom. The number of carboxylic acid groups (broad SMARTS) is 3. The molecule has 0 saturated carbocycles. The van der Waals surface area contributed by atoms with Crippen LogP contribution in [0.3, 0.4) is 0 Å². The molecule has 0 spiro atoms. The third kappa shape index (κ3) is 5.24. The molecule has 0 unspecified atom stereocenters. The van der Waals surface area contributed by atoms with Crippen molar-refractivity contribution in [2.75, 3.05) is 0 Å². The first kappa shape index (κ1) is 18.9. The van der Waals surface area contributed by atoms with Gasteiger partial charge in [0.1, 0.15) is 0 Å². The molecule has 1 rings (SSSR count). The van der Waals surface area contributed by atoms with Crippen LogP contribution in [0.4, 0.5) is 0 Å². The number of carboxylic acids is 3. The van der Waals surface area contributed by atoms with E-state index in [1.54, 1.807) is 18.2 Å². The summed E-state index contributed by atoms with van der Waals surface area (Å²) in [6.45, 7) is 10.4. The van der Waals surface area contributed by atoms with E-state index in [1.807, 2.05) is 0 Å². The van der Waals surface area contributed by atoms with Crippen LogP contribution >= 0.6 is 0 Å². The molecule has 3 N–H and O–H groups in total. The second kappa shape index (κ2) is 7.92. The molecule has 0 radical (unpaired) electrons. The van der Waals surface area contributed by atoms with E-state index in [-0.39, 0.29) is 36.0 Å². The Hall–Kier alpha value is -3.15. The number of aliphatic carboxylic acids is 3. The molecule has 0 aromatic heterocycles. The van der Waals surface area contributed by atoms with Crippen molar-refractivity contribution in [1.29, 1.82) is 0 Å². The minimum absolute atomic E-state index is 0.000654. The monoisotopic (exact) mass is 330 g/mol. The van der Waals surface area contributed by atoms with Crippen molar-refractivity contribution in [2.24, 2.45) is 0 Å². The predicted octanol–water partition coefficient (Wildman–Crippen LogP) is 2.24. The molecule has 6 heteroatoms. The maximum Gasteiger partial charge on any atom is 0.331 e. The minimum Gasteiger partial charge on any atom is -0.478 e. The summed E-state index contributed by atoms with van der Waals surface area (Å²) in [7, 11) is 0. The summed E-state index contributed by atoms with van der Waals surface area (Å²) in [5.41, 5.74) is 1.74. The molecule has 0 saturated heterocycles. The molecule has 126 valence electrons. The van der Waals surface area contributed by atoms with Crippen molar-refractivity contribution in [1.82, 2.24) is 0 Å². The van der Waals surface area contributed by atoms with Crippen molar-refractivity contribution in [3.05, 3.63) is 71.3 Å². The Bertz CT molecular complexity index is 742. The number of hydrogen-bond donors (Lipinski definition) is 3. The Balaban J connectivity index is 3.18. The molecular weight excluding hydrogens is 312 g/mol. The van der Waals surface area contributed by atoms with E-state index in [2.05, 4.69) is 19.7 Å². The zero-order valence-corrected chi connectivity index (χ0v) is 13.0. The van der Waals surface area contributed by atoms with E-state index in [9.17, 15) is 14.4 Å². The lowest BCUT2D eigenvalue weighted by atomic mass is 9.92. The van der Waals surface area contributed by atoms with Crippen molar-refractivity contribution in [3.63, 3.8) is 0 Å². The lowest BCUT2D eigenvalue weighted by Gasteiger charge is -2.12. The highest BCUT2D eigenvalue weighted by Gasteiger charge is 2.14. The van der Waals surface area contributed by atoms with Crippen LogP contribution in [0.15, 0.2) is 54.7 Å². The first-order valence-corrected chi connectivity index (χ1v) is 6.95. The average Bonchev–Trinajstić information content (AvgIpc) is 2.49. The van der Waals surface area contributed by atoms with E-state index < -0.39 is 17.9 Å². The third-order valence-corrected chi connectivity index (χ3v) is 3.40. The number of benzene rings is 1. The first-order chi connectivity index (χ1) is 11.1. The Morgan fingerprint density at radius 3 is 1.58 bits per heavy atom. The molecule has 24 heavy (non-hydrogen) atoms. The van der Waals surface area contributed by atoms with Crippen LogP contribution in [0.25, 0.3) is 0 Å². The molecule has 0 aliphatic carbocycles.